The molecule has 0 spiro atoms. The van der Waals surface area contributed by atoms with E-state index in [0.29, 0.717) is 5.71 Å². The van der Waals surface area contributed by atoms with E-state index in [9.17, 15) is 5.21 Å². The first kappa shape index (κ1) is 12.8. The topological polar surface area (TPSA) is 41.8 Å². The van der Waals surface area contributed by atoms with E-state index in [1.165, 1.54) is 5.56 Å². The van der Waals surface area contributed by atoms with Crippen LogP contribution in [0.15, 0.2) is 29.4 Å². The average Bonchev–Trinajstić information content (AvgIpc) is 2.54. The molecule has 1 heterocycles. The van der Waals surface area contributed by atoms with Gasteiger partial charge in [-0.15, -0.1) is 23.5 Å². The maximum atomic E-state index is 9.34. The second-order valence-electron chi connectivity index (χ2n) is 3.67. The minimum absolute atomic E-state index is 0.602. The van der Waals surface area contributed by atoms with Crippen molar-refractivity contribution >= 4 is 29.2 Å². The molecule has 92 valence electrons. The Morgan fingerprint density at radius 3 is 2.88 bits per heavy atom. The summed E-state index contributed by atoms with van der Waals surface area (Å²) >= 11 is 3.22. The van der Waals surface area contributed by atoms with E-state index in [2.05, 4.69) is 11.2 Å². The molecule has 5 heteroatoms. The fourth-order valence-corrected chi connectivity index (χ4v) is 4.24. The minimum atomic E-state index is -0.610. The average molecular weight is 269 g/mol. The van der Waals surface area contributed by atoms with Gasteiger partial charge in [0.25, 0.3) is 0 Å². The molecule has 0 fully saturated rings. The summed E-state index contributed by atoms with van der Waals surface area (Å²) in [5.41, 5.74) is 2.79. The van der Waals surface area contributed by atoms with Crippen molar-refractivity contribution in [1.82, 2.24) is 0 Å². The van der Waals surface area contributed by atoms with Crippen LogP contribution in [0.5, 0.6) is 0 Å². The van der Waals surface area contributed by atoms with Crippen LogP contribution < -0.4 is 0 Å². The Hall–Kier alpha value is -0.650. The lowest BCUT2D eigenvalue weighted by Gasteiger charge is -2.28. The lowest BCUT2D eigenvalue weighted by atomic mass is 10.0. The fraction of sp³-hybridized carbons (Fsp3) is 0.417. The van der Waals surface area contributed by atoms with Crippen LogP contribution in [-0.4, -0.2) is 34.3 Å². The van der Waals surface area contributed by atoms with E-state index in [4.69, 9.17) is 4.74 Å². The molecule has 17 heavy (non-hydrogen) atoms. The lowest BCUT2D eigenvalue weighted by Crippen LogP contribution is -2.34. The third-order valence-corrected chi connectivity index (χ3v) is 5.76. The molecule has 3 nitrogen and oxygen atoms in total. The van der Waals surface area contributed by atoms with Gasteiger partial charge in [-0.2, -0.15) is 0 Å². The molecule has 1 aromatic rings. The summed E-state index contributed by atoms with van der Waals surface area (Å²) in [6.07, 6.45) is 2.93. The highest BCUT2D eigenvalue weighted by Crippen LogP contribution is 2.42. The summed E-state index contributed by atoms with van der Waals surface area (Å²) in [7, 11) is 1.66. The summed E-state index contributed by atoms with van der Waals surface area (Å²) in [6.45, 7) is 0. The van der Waals surface area contributed by atoms with Crippen molar-refractivity contribution in [2.24, 2.45) is 5.16 Å². The Labute approximate surface area is 110 Å². The molecular weight excluding hydrogens is 254 g/mol. The maximum Gasteiger partial charge on any atom is 0.207 e. The van der Waals surface area contributed by atoms with E-state index in [-0.39, 0.29) is 0 Å². The van der Waals surface area contributed by atoms with E-state index in [1.807, 2.05) is 24.5 Å². The van der Waals surface area contributed by atoms with E-state index >= 15 is 0 Å². The number of benzene rings is 1. The normalized spacial score (nSPS) is 26.6. The predicted octanol–water partition coefficient (Wildman–Crippen LogP) is 2.82. The van der Waals surface area contributed by atoms with Crippen molar-refractivity contribution in [3.05, 3.63) is 35.4 Å². The van der Waals surface area contributed by atoms with Crippen molar-refractivity contribution in [3.8, 4) is 0 Å². The standard InChI is InChI=1S/C12H15NO2S2/c1-15-12(16-2)11(13-14)10-6-4-3-5-9(10)7-8-17-12/h3-6,14H,7-8H2,1-2H3/b13-11-. The monoisotopic (exact) mass is 269 g/mol. The Kier molecular flexibility index (Phi) is 4.01. The van der Waals surface area contributed by atoms with E-state index in [1.54, 1.807) is 30.6 Å². The molecule has 0 saturated carbocycles. The van der Waals surface area contributed by atoms with Gasteiger partial charge in [0, 0.05) is 18.4 Å². The Bertz CT molecular complexity index is 430. The molecule has 1 aliphatic rings. The zero-order valence-corrected chi connectivity index (χ0v) is 11.5. The number of oxime groups is 1. The molecule has 0 radical (unpaired) electrons. The number of hydrogen-bond donors (Lipinski definition) is 1. The molecule has 1 aliphatic heterocycles. The summed E-state index contributed by atoms with van der Waals surface area (Å²) in [4.78, 5) is 0. The first-order valence-electron chi connectivity index (χ1n) is 5.32. The van der Waals surface area contributed by atoms with Crippen LogP contribution >= 0.6 is 23.5 Å². The molecule has 1 aromatic carbocycles. The Morgan fingerprint density at radius 1 is 1.47 bits per heavy atom. The van der Waals surface area contributed by atoms with Crippen LogP contribution in [0.3, 0.4) is 0 Å². The number of fused-ring (bicyclic) bond motifs is 1. The third-order valence-electron chi connectivity index (χ3n) is 2.86. The van der Waals surface area contributed by atoms with E-state index < -0.39 is 4.27 Å². The number of nitrogens with zero attached hydrogens (tertiary/aromatic N) is 1. The highest BCUT2D eigenvalue weighted by molar-refractivity contribution is 8.18. The Balaban J connectivity index is 2.56. The molecule has 0 bridgehead atoms. The van der Waals surface area contributed by atoms with Gasteiger partial charge >= 0.3 is 0 Å². The molecule has 0 aliphatic carbocycles. The first-order chi connectivity index (χ1) is 8.27. The quantitative estimate of drug-likeness (QED) is 0.509. The third kappa shape index (κ3) is 2.19. The van der Waals surface area contributed by atoms with Crippen molar-refractivity contribution in [2.45, 2.75) is 10.7 Å². The zero-order valence-electron chi connectivity index (χ0n) is 9.84. The number of aryl methyl sites for hydroxylation is 1. The van der Waals surface area contributed by atoms with Crippen molar-refractivity contribution in [1.29, 1.82) is 0 Å². The molecule has 2 rings (SSSR count). The second kappa shape index (κ2) is 5.33. The summed E-state index contributed by atoms with van der Waals surface area (Å²) < 4.78 is 4.99. The number of thioether (sulfide) groups is 2. The smallest absolute Gasteiger partial charge is 0.207 e. The molecule has 1 atom stereocenters. The highest BCUT2D eigenvalue weighted by Gasteiger charge is 2.40. The number of rotatable bonds is 2. The van der Waals surface area contributed by atoms with Gasteiger partial charge in [-0.1, -0.05) is 29.4 Å². The van der Waals surface area contributed by atoms with Crippen molar-refractivity contribution < 1.29 is 9.94 Å². The minimum Gasteiger partial charge on any atom is -0.410 e. The van der Waals surface area contributed by atoms with Gasteiger partial charge in [0.05, 0.1) is 0 Å². The van der Waals surface area contributed by atoms with Crippen LogP contribution in [0.2, 0.25) is 0 Å². The Morgan fingerprint density at radius 2 is 2.24 bits per heavy atom. The first-order valence-corrected chi connectivity index (χ1v) is 7.53. The number of hydrogen-bond acceptors (Lipinski definition) is 5. The summed E-state index contributed by atoms with van der Waals surface area (Å²) in [5.74, 6) is 0.949. The summed E-state index contributed by atoms with van der Waals surface area (Å²) in [6, 6.07) is 8.03. The van der Waals surface area contributed by atoms with Gasteiger partial charge in [0.2, 0.25) is 4.27 Å². The maximum absolute atomic E-state index is 9.34. The predicted molar refractivity (Wildman–Crippen MR) is 74.2 cm³/mol. The molecule has 1 N–H and O–H groups in total. The summed E-state index contributed by atoms with van der Waals surface area (Å²) in [5, 5.41) is 12.8. The number of methoxy groups -OCH3 is 1. The SMILES string of the molecule is COC1(SC)SCCc2ccccc2/C1=N/O. The van der Waals surface area contributed by atoms with Crippen LogP contribution in [0, 0.1) is 0 Å². The van der Waals surface area contributed by atoms with Crippen LogP contribution in [-0.2, 0) is 11.2 Å². The van der Waals surface area contributed by atoms with Crippen molar-refractivity contribution in [3.63, 3.8) is 0 Å². The zero-order chi connectivity index (χ0) is 12.3. The van der Waals surface area contributed by atoms with Crippen LogP contribution in [0.1, 0.15) is 11.1 Å². The van der Waals surface area contributed by atoms with Gasteiger partial charge in [-0.05, 0) is 18.2 Å². The van der Waals surface area contributed by atoms with Crippen molar-refractivity contribution in [2.75, 3.05) is 19.1 Å². The highest BCUT2D eigenvalue weighted by atomic mass is 32.2. The molecule has 1 unspecified atom stereocenters. The molecular formula is C12H15NO2S2. The lowest BCUT2D eigenvalue weighted by molar-refractivity contribution is 0.191. The number of ether oxygens (including phenoxy) is 1. The molecule has 0 saturated heterocycles. The van der Waals surface area contributed by atoms with Crippen LogP contribution in [0.4, 0.5) is 0 Å². The largest absolute Gasteiger partial charge is 0.410 e. The van der Waals surface area contributed by atoms with Gasteiger partial charge in [-0.25, -0.2) is 0 Å². The van der Waals surface area contributed by atoms with Crippen LogP contribution in [0.25, 0.3) is 0 Å². The van der Waals surface area contributed by atoms with Gasteiger partial charge in [-0.3, -0.25) is 0 Å². The second-order valence-corrected chi connectivity index (χ2v) is 6.18. The molecule has 0 amide bonds. The molecule has 0 aromatic heterocycles. The fourth-order valence-electron chi connectivity index (χ4n) is 2.01. The van der Waals surface area contributed by atoms with E-state index in [0.717, 1.165) is 17.7 Å². The van der Waals surface area contributed by atoms with Gasteiger partial charge in [0.15, 0.2) is 0 Å². The van der Waals surface area contributed by atoms with Gasteiger partial charge in [0.1, 0.15) is 5.71 Å². The van der Waals surface area contributed by atoms with Gasteiger partial charge < -0.3 is 9.94 Å².